The summed E-state index contributed by atoms with van der Waals surface area (Å²) in [5, 5.41) is 19.9. The van der Waals surface area contributed by atoms with Gasteiger partial charge in [-0.3, -0.25) is 9.59 Å². The van der Waals surface area contributed by atoms with Gasteiger partial charge in [-0.2, -0.15) is 0 Å². The zero-order valence-electron chi connectivity index (χ0n) is 19.2. The number of aliphatic hydroxyl groups is 2. The van der Waals surface area contributed by atoms with E-state index in [-0.39, 0.29) is 29.8 Å². The lowest BCUT2D eigenvalue weighted by molar-refractivity contribution is -0.197. The first-order valence-corrected chi connectivity index (χ1v) is 11.4. The molecule has 0 bridgehead atoms. The minimum atomic E-state index is -0.852. The van der Waals surface area contributed by atoms with Gasteiger partial charge in [-0.05, 0) is 74.5 Å². The fraction of sp³-hybridized carbons (Fsp3) is 0.833. The van der Waals surface area contributed by atoms with Crippen LogP contribution < -0.4 is 0 Å². The van der Waals surface area contributed by atoms with E-state index in [1.54, 1.807) is 18.0 Å². The molecule has 0 aromatic carbocycles. The molecule has 6 heteroatoms. The Labute approximate surface area is 180 Å². The number of carbonyl (C=O) groups excluding carboxylic acids is 2. The third-order valence-electron chi connectivity index (χ3n) is 9.04. The van der Waals surface area contributed by atoms with Crippen molar-refractivity contribution in [3.05, 3.63) is 11.6 Å². The molecule has 0 unspecified atom stereocenters. The van der Waals surface area contributed by atoms with Crippen LogP contribution in [0.15, 0.2) is 11.6 Å². The second-order valence-corrected chi connectivity index (χ2v) is 10.3. The zero-order chi connectivity index (χ0) is 22.3. The Morgan fingerprint density at radius 1 is 1.23 bits per heavy atom. The highest BCUT2D eigenvalue weighted by atomic mass is 16.5. The van der Waals surface area contributed by atoms with E-state index in [1.165, 1.54) is 12.7 Å². The lowest BCUT2D eigenvalue weighted by Gasteiger charge is -2.62. The fourth-order valence-electron chi connectivity index (χ4n) is 7.16. The van der Waals surface area contributed by atoms with Crippen LogP contribution in [-0.2, 0) is 14.3 Å². The van der Waals surface area contributed by atoms with Gasteiger partial charge in [0, 0.05) is 19.7 Å². The number of ether oxygens (including phenoxy) is 1. The number of amides is 1. The Bertz CT molecular complexity index is 706. The molecule has 3 fully saturated rings. The average Bonchev–Trinajstić information content (AvgIpc) is 2.72. The fourth-order valence-corrected chi connectivity index (χ4v) is 7.16. The van der Waals surface area contributed by atoms with Crippen LogP contribution in [0.25, 0.3) is 0 Å². The van der Waals surface area contributed by atoms with E-state index in [1.807, 2.05) is 6.92 Å². The third kappa shape index (κ3) is 3.60. The molecule has 170 valence electrons. The monoisotopic (exact) mass is 421 g/mol. The topological polar surface area (TPSA) is 87.1 Å². The summed E-state index contributed by atoms with van der Waals surface area (Å²) in [4.78, 5) is 26.8. The summed E-state index contributed by atoms with van der Waals surface area (Å²) in [6.45, 7) is 6.78. The van der Waals surface area contributed by atoms with Gasteiger partial charge in [0.05, 0.1) is 25.2 Å². The molecule has 0 aromatic rings. The maximum atomic E-state index is 12.8. The summed E-state index contributed by atoms with van der Waals surface area (Å²) in [5.41, 5.74) is 0.345. The molecule has 0 saturated heterocycles. The van der Waals surface area contributed by atoms with Crippen molar-refractivity contribution in [2.24, 2.45) is 34.5 Å². The molecular formula is C24H39NO5. The SMILES string of the molecule is COC(=O)[C@]1(C)[C@@H]2CC[C@H]3[C@@H](C)C(=CC(=O)N(C)CCO)CC[C@@H]3[C@@]2(C)CC[C@@H]1O. The number of esters is 1. The Morgan fingerprint density at radius 2 is 1.93 bits per heavy atom. The van der Waals surface area contributed by atoms with E-state index >= 15 is 0 Å². The van der Waals surface area contributed by atoms with E-state index < -0.39 is 11.5 Å². The molecule has 3 saturated carbocycles. The first-order valence-electron chi connectivity index (χ1n) is 11.4. The predicted molar refractivity (Wildman–Crippen MR) is 114 cm³/mol. The first kappa shape index (κ1) is 23.3. The molecule has 0 radical (unpaired) electrons. The van der Waals surface area contributed by atoms with Gasteiger partial charge in [-0.15, -0.1) is 0 Å². The molecule has 1 amide bonds. The van der Waals surface area contributed by atoms with Crippen LogP contribution in [0, 0.1) is 34.5 Å². The second kappa shape index (κ2) is 8.62. The van der Waals surface area contributed by atoms with Crippen molar-refractivity contribution >= 4 is 11.9 Å². The van der Waals surface area contributed by atoms with Gasteiger partial charge in [0.25, 0.3) is 0 Å². The van der Waals surface area contributed by atoms with Crippen molar-refractivity contribution in [2.45, 2.75) is 65.4 Å². The molecule has 7 atom stereocenters. The van der Waals surface area contributed by atoms with Gasteiger partial charge in [0.2, 0.25) is 5.91 Å². The van der Waals surface area contributed by atoms with Crippen molar-refractivity contribution in [3.63, 3.8) is 0 Å². The maximum absolute atomic E-state index is 12.8. The Balaban J connectivity index is 1.85. The molecule has 2 N–H and O–H groups in total. The number of rotatable bonds is 4. The summed E-state index contributed by atoms with van der Waals surface area (Å²) in [7, 11) is 3.14. The number of likely N-dealkylation sites (N-methyl/N-ethyl adjacent to an activating group) is 1. The molecule has 3 aliphatic rings. The molecule has 30 heavy (non-hydrogen) atoms. The number of aliphatic hydroxyl groups excluding tert-OH is 2. The minimum absolute atomic E-state index is 0.0113. The molecule has 0 heterocycles. The number of methoxy groups -OCH3 is 1. The van der Waals surface area contributed by atoms with E-state index in [2.05, 4.69) is 13.8 Å². The number of hydrogen-bond acceptors (Lipinski definition) is 5. The van der Waals surface area contributed by atoms with Crippen LogP contribution in [0.4, 0.5) is 0 Å². The number of nitrogens with zero attached hydrogens (tertiary/aromatic N) is 1. The number of carbonyl (C=O) groups is 2. The molecule has 3 aliphatic carbocycles. The van der Waals surface area contributed by atoms with Crippen LogP contribution in [0.1, 0.15) is 59.3 Å². The van der Waals surface area contributed by atoms with Crippen LogP contribution in [0.2, 0.25) is 0 Å². The largest absolute Gasteiger partial charge is 0.469 e. The lowest BCUT2D eigenvalue weighted by Crippen LogP contribution is -2.61. The van der Waals surface area contributed by atoms with Crippen molar-refractivity contribution in [2.75, 3.05) is 27.3 Å². The Morgan fingerprint density at radius 3 is 2.57 bits per heavy atom. The van der Waals surface area contributed by atoms with Gasteiger partial charge < -0.3 is 19.8 Å². The molecular weight excluding hydrogens is 382 g/mol. The summed E-state index contributed by atoms with van der Waals surface area (Å²) in [5.74, 6) is 1.07. The average molecular weight is 422 g/mol. The summed E-state index contributed by atoms with van der Waals surface area (Å²) in [6, 6.07) is 0. The standard InChI is InChI=1S/C24H39NO5/c1-15-16(14-21(28)25(4)12-13-26)6-8-18-17(15)7-9-19-23(18,2)11-10-20(27)24(19,3)22(29)30-5/h14-15,17-20,26-27H,6-13H2,1-5H3/t15-,17-,18-,19+,20-,23+,24+/m0/s1. The van der Waals surface area contributed by atoms with E-state index in [0.717, 1.165) is 32.1 Å². The molecule has 0 aliphatic heterocycles. The number of allylic oxidation sites excluding steroid dienone is 1. The Kier molecular flexibility index (Phi) is 6.68. The van der Waals surface area contributed by atoms with Crippen LogP contribution in [0.5, 0.6) is 0 Å². The van der Waals surface area contributed by atoms with Crippen molar-refractivity contribution in [3.8, 4) is 0 Å². The van der Waals surface area contributed by atoms with Crippen molar-refractivity contribution in [1.82, 2.24) is 4.90 Å². The van der Waals surface area contributed by atoms with Crippen LogP contribution >= 0.6 is 0 Å². The molecule has 3 rings (SSSR count). The van der Waals surface area contributed by atoms with E-state index in [9.17, 15) is 14.7 Å². The highest BCUT2D eigenvalue weighted by Crippen LogP contribution is 2.65. The summed E-state index contributed by atoms with van der Waals surface area (Å²) >= 11 is 0. The minimum Gasteiger partial charge on any atom is -0.469 e. The highest BCUT2D eigenvalue weighted by Gasteiger charge is 2.63. The smallest absolute Gasteiger partial charge is 0.314 e. The van der Waals surface area contributed by atoms with Crippen LogP contribution in [-0.4, -0.2) is 60.4 Å². The second-order valence-electron chi connectivity index (χ2n) is 10.3. The van der Waals surface area contributed by atoms with E-state index in [4.69, 9.17) is 9.84 Å². The van der Waals surface area contributed by atoms with Crippen LogP contribution in [0.3, 0.4) is 0 Å². The lowest BCUT2D eigenvalue weighted by atomic mass is 9.42. The quantitative estimate of drug-likeness (QED) is 0.538. The number of hydrogen-bond donors (Lipinski definition) is 2. The zero-order valence-corrected chi connectivity index (χ0v) is 19.2. The predicted octanol–water partition coefficient (Wildman–Crippen LogP) is 2.78. The Hall–Kier alpha value is -1.40. The summed E-state index contributed by atoms with van der Waals surface area (Å²) in [6.07, 6.45) is 6.49. The highest BCUT2D eigenvalue weighted by molar-refractivity contribution is 5.88. The van der Waals surface area contributed by atoms with Crippen molar-refractivity contribution < 1.29 is 24.5 Å². The van der Waals surface area contributed by atoms with E-state index in [0.29, 0.717) is 30.7 Å². The molecule has 6 nitrogen and oxygen atoms in total. The summed E-state index contributed by atoms with van der Waals surface area (Å²) < 4.78 is 5.15. The van der Waals surface area contributed by atoms with Crippen molar-refractivity contribution in [1.29, 1.82) is 0 Å². The molecule has 0 aromatic heterocycles. The normalized spacial score (nSPS) is 42.2. The van der Waals surface area contributed by atoms with Gasteiger partial charge in [0.15, 0.2) is 0 Å². The van der Waals surface area contributed by atoms with Gasteiger partial charge in [0.1, 0.15) is 0 Å². The van der Waals surface area contributed by atoms with Gasteiger partial charge in [-0.1, -0.05) is 19.4 Å². The van der Waals surface area contributed by atoms with Gasteiger partial charge >= 0.3 is 5.97 Å². The third-order valence-corrected chi connectivity index (χ3v) is 9.04. The molecule has 0 spiro atoms. The maximum Gasteiger partial charge on any atom is 0.314 e. The number of fused-ring (bicyclic) bond motifs is 3. The van der Waals surface area contributed by atoms with Gasteiger partial charge in [-0.25, -0.2) is 0 Å². The first-order chi connectivity index (χ1) is 14.1.